The zero-order valence-electron chi connectivity index (χ0n) is 30.6. The molecule has 3 aliphatic heterocycles. The lowest BCUT2D eigenvalue weighted by molar-refractivity contribution is -0.151. The number of likely N-dealkylation sites (tertiary alicyclic amines) is 1. The van der Waals surface area contributed by atoms with Gasteiger partial charge in [0.05, 0.1) is 12.5 Å². The second-order valence-corrected chi connectivity index (χ2v) is 15.8. The molecular weight excluding hydrogens is 638 g/mol. The summed E-state index contributed by atoms with van der Waals surface area (Å²) in [6.07, 6.45) is 17.8. The first-order valence-electron chi connectivity index (χ1n) is 19.2. The lowest BCUT2D eigenvalue weighted by atomic mass is 9.88. The van der Waals surface area contributed by atoms with E-state index in [1.54, 1.807) is 22.8 Å². The molecule has 11 heteroatoms. The van der Waals surface area contributed by atoms with Gasteiger partial charge in [-0.2, -0.15) is 0 Å². The molecule has 4 fully saturated rings. The van der Waals surface area contributed by atoms with E-state index >= 15 is 0 Å². The lowest BCUT2D eigenvalue weighted by Gasteiger charge is -2.40. The second-order valence-electron chi connectivity index (χ2n) is 15.8. The van der Waals surface area contributed by atoms with Gasteiger partial charge in [-0.15, -0.1) is 0 Å². The SMILES string of the molecule is C/C(=C\C=C\C1(COC(=O)N2CCCC2)CC1)[C@H]1OC(=O)C[C@H](O)CC[C@@](C)(O)[C@@H](OC(=O)N2CCN(C3CCCCCC3)CC2)/C=C\[C@@H]1C. The van der Waals surface area contributed by atoms with Crippen molar-refractivity contribution in [1.82, 2.24) is 14.7 Å². The number of rotatable bonds is 7. The van der Waals surface area contributed by atoms with Crippen molar-refractivity contribution in [2.45, 2.75) is 134 Å². The Morgan fingerprint density at radius 3 is 2.24 bits per heavy atom. The smallest absolute Gasteiger partial charge is 0.410 e. The van der Waals surface area contributed by atoms with Crippen molar-refractivity contribution in [2.24, 2.45) is 11.3 Å². The van der Waals surface area contributed by atoms with Gasteiger partial charge in [-0.1, -0.05) is 56.9 Å². The van der Waals surface area contributed by atoms with Gasteiger partial charge in [-0.3, -0.25) is 9.69 Å². The minimum absolute atomic E-state index is 0.135. The van der Waals surface area contributed by atoms with Crippen LogP contribution < -0.4 is 0 Å². The zero-order valence-corrected chi connectivity index (χ0v) is 30.6. The van der Waals surface area contributed by atoms with E-state index in [2.05, 4.69) is 11.0 Å². The summed E-state index contributed by atoms with van der Waals surface area (Å²) in [7, 11) is 0. The molecule has 3 heterocycles. The number of esters is 1. The molecule has 11 nitrogen and oxygen atoms in total. The Morgan fingerprint density at radius 2 is 1.58 bits per heavy atom. The van der Waals surface area contributed by atoms with Crippen molar-refractivity contribution < 1.29 is 38.8 Å². The zero-order chi connectivity index (χ0) is 35.7. The highest BCUT2D eigenvalue weighted by atomic mass is 16.6. The molecule has 2 saturated carbocycles. The van der Waals surface area contributed by atoms with Crippen LogP contribution in [0.5, 0.6) is 0 Å². The summed E-state index contributed by atoms with van der Waals surface area (Å²) in [5.41, 5.74) is -0.830. The van der Waals surface area contributed by atoms with Crippen LogP contribution in [0.3, 0.4) is 0 Å². The van der Waals surface area contributed by atoms with Crippen molar-refractivity contribution in [3.05, 3.63) is 36.0 Å². The number of carbonyl (C=O) groups is 3. The Balaban J connectivity index is 1.22. The number of amides is 2. The topological polar surface area (TPSA) is 129 Å². The number of carbonyl (C=O) groups excluding carboxylic acids is 3. The van der Waals surface area contributed by atoms with Gasteiger partial charge >= 0.3 is 18.2 Å². The van der Waals surface area contributed by atoms with Crippen molar-refractivity contribution in [2.75, 3.05) is 45.9 Å². The maximum absolute atomic E-state index is 13.5. The molecule has 2 saturated heterocycles. The number of cyclic esters (lactones) is 1. The largest absolute Gasteiger partial charge is 0.457 e. The number of allylic oxidation sites excluding steroid dienone is 2. The molecular formula is C39H61N3O8. The molecule has 280 valence electrons. The quantitative estimate of drug-likeness (QED) is 0.112. The molecule has 2 N–H and O–H groups in total. The predicted molar refractivity (Wildman–Crippen MR) is 190 cm³/mol. The highest BCUT2D eigenvalue weighted by Crippen LogP contribution is 2.47. The summed E-state index contributed by atoms with van der Waals surface area (Å²) >= 11 is 0. The molecule has 0 bridgehead atoms. The maximum atomic E-state index is 13.5. The summed E-state index contributed by atoms with van der Waals surface area (Å²) in [6, 6.07) is 0.591. The van der Waals surface area contributed by atoms with Gasteiger partial charge < -0.3 is 34.2 Å². The van der Waals surface area contributed by atoms with Gasteiger partial charge in [0.2, 0.25) is 0 Å². The number of nitrogens with zero attached hydrogens (tertiary/aromatic N) is 3. The van der Waals surface area contributed by atoms with E-state index in [0.29, 0.717) is 25.7 Å². The van der Waals surface area contributed by atoms with Gasteiger partial charge in [-0.25, -0.2) is 9.59 Å². The van der Waals surface area contributed by atoms with Crippen LogP contribution in [0.4, 0.5) is 9.59 Å². The van der Waals surface area contributed by atoms with Gasteiger partial charge in [0.1, 0.15) is 18.3 Å². The fourth-order valence-corrected chi connectivity index (χ4v) is 7.74. The molecule has 5 rings (SSSR count). The van der Waals surface area contributed by atoms with Crippen LogP contribution in [-0.4, -0.2) is 119 Å². The first-order chi connectivity index (χ1) is 23.9. The summed E-state index contributed by atoms with van der Waals surface area (Å²) in [5.74, 6) is -0.838. The number of ether oxygens (including phenoxy) is 3. The molecule has 50 heavy (non-hydrogen) atoms. The molecule has 2 amide bonds. The van der Waals surface area contributed by atoms with Crippen LogP contribution in [0, 0.1) is 11.3 Å². The second kappa shape index (κ2) is 17.6. The molecule has 5 atom stereocenters. The van der Waals surface area contributed by atoms with Crippen molar-refractivity contribution in [3.63, 3.8) is 0 Å². The first-order valence-corrected chi connectivity index (χ1v) is 19.2. The molecule has 5 aliphatic rings. The Labute approximate surface area is 298 Å². The Bertz CT molecular complexity index is 1240. The Morgan fingerprint density at radius 1 is 0.920 bits per heavy atom. The first kappa shape index (κ1) is 38.3. The number of piperazine rings is 1. The fourth-order valence-electron chi connectivity index (χ4n) is 7.74. The van der Waals surface area contributed by atoms with Crippen molar-refractivity contribution in [1.29, 1.82) is 0 Å². The molecule has 2 aliphatic carbocycles. The third-order valence-corrected chi connectivity index (χ3v) is 11.5. The number of hydrogen-bond donors (Lipinski definition) is 2. The summed E-state index contributed by atoms with van der Waals surface area (Å²) in [5, 5.41) is 22.2. The van der Waals surface area contributed by atoms with Crippen LogP contribution in [0.25, 0.3) is 0 Å². The molecule has 0 aromatic carbocycles. The Kier molecular flexibility index (Phi) is 13.5. The van der Waals surface area contributed by atoms with E-state index in [9.17, 15) is 24.6 Å². The summed E-state index contributed by atoms with van der Waals surface area (Å²) < 4.78 is 17.6. The maximum Gasteiger partial charge on any atom is 0.410 e. The average molecular weight is 700 g/mol. The van der Waals surface area contributed by atoms with Crippen LogP contribution in [-0.2, 0) is 19.0 Å². The monoisotopic (exact) mass is 699 g/mol. The average Bonchev–Trinajstić information content (AvgIpc) is 3.75. The molecule has 0 radical (unpaired) electrons. The minimum atomic E-state index is -1.46. The van der Waals surface area contributed by atoms with Gasteiger partial charge in [-0.05, 0) is 76.9 Å². The lowest BCUT2D eigenvalue weighted by Crippen LogP contribution is -2.53. The fraction of sp³-hybridized carbons (Fsp3) is 0.769. The molecule has 0 unspecified atom stereocenters. The third kappa shape index (κ3) is 10.8. The van der Waals surface area contributed by atoms with E-state index in [1.807, 2.05) is 32.1 Å². The van der Waals surface area contributed by atoms with E-state index < -0.39 is 36.0 Å². The Hall–Kier alpha value is -2.89. The summed E-state index contributed by atoms with van der Waals surface area (Å²) in [6.45, 7) is 10.1. The normalized spacial score (nSPS) is 32.8. The van der Waals surface area contributed by atoms with Crippen molar-refractivity contribution >= 4 is 18.2 Å². The highest BCUT2D eigenvalue weighted by molar-refractivity contribution is 5.70. The number of aliphatic hydroxyl groups excluding tert-OH is 1. The summed E-state index contributed by atoms with van der Waals surface area (Å²) in [4.78, 5) is 44.8. The van der Waals surface area contributed by atoms with Crippen molar-refractivity contribution in [3.8, 4) is 0 Å². The van der Waals surface area contributed by atoms with Gasteiger partial charge in [0, 0.05) is 56.6 Å². The minimum Gasteiger partial charge on any atom is -0.457 e. The van der Waals surface area contributed by atoms with Crippen LogP contribution in [0.1, 0.15) is 104 Å². The third-order valence-electron chi connectivity index (χ3n) is 11.5. The number of hydrogen-bond acceptors (Lipinski definition) is 9. The van der Waals surface area contributed by atoms with Crippen LogP contribution in [0.2, 0.25) is 0 Å². The standard InChI is InChI=1S/C39H61N3O8/c1-29(11-10-17-39(19-20-39)28-48-36(45)41-21-8-9-22-41)35-30(2)14-15-33(38(3,47)18-16-32(43)27-34(44)50-35)49-37(46)42-25-23-40(24-26-42)31-12-6-4-5-7-13-31/h10-11,14-15,17,30-33,35,43,47H,4-9,12-13,16,18-28H2,1-3H3/b15-14-,17-10+,29-11+/t30-,32+,33-,35+,38+/m0/s1. The molecule has 0 spiro atoms. The highest BCUT2D eigenvalue weighted by Gasteiger charge is 2.42. The number of aliphatic hydroxyl groups is 2. The van der Waals surface area contributed by atoms with Gasteiger partial charge in [0.25, 0.3) is 0 Å². The van der Waals surface area contributed by atoms with E-state index in [4.69, 9.17) is 14.2 Å². The van der Waals surface area contributed by atoms with Gasteiger partial charge in [0.15, 0.2) is 6.10 Å². The predicted octanol–water partition coefficient (Wildman–Crippen LogP) is 5.75. The molecule has 0 aromatic rings. The molecule has 0 aromatic heterocycles. The van der Waals surface area contributed by atoms with Crippen LogP contribution in [0.15, 0.2) is 36.0 Å². The van der Waals surface area contributed by atoms with E-state index in [1.165, 1.54) is 38.5 Å². The van der Waals surface area contributed by atoms with E-state index in [-0.39, 0.29) is 36.7 Å². The van der Waals surface area contributed by atoms with Crippen LogP contribution >= 0.6 is 0 Å². The van der Waals surface area contributed by atoms with E-state index in [0.717, 1.165) is 57.4 Å².